The van der Waals surface area contributed by atoms with Crippen LogP contribution in [0, 0.1) is 13.8 Å². The summed E-state index contributed by atoms with van der Waals surface area (Å²) in [4.78, 5) is 32.3. The first-order chi connectivity index (χ1) is 12.5. The third-order valence-electron chi connectivity index (χ3n) is 3.44. The maximum Gasteiger partial charge on any atom is 0.269 e. The summed E-state index contributed by atoms with van der Waals surface area (Å²) < 4.78 is 0. The number of carbonyl (C=O) groups is 2. The Hall–Kier alpha value is -2.67. The Kier molecular flexibility index (Phi) is 7.35. The maximum atomic E-state index is 12.0. The highest BCUT2D eigenvalue weighted by atomic mass is 32.2. The van der Waals surface area contributed by atoms with Gasteiger partial charge < -0.3 is 0 Å². The van der Waals surface area contributed by atoms with E-state index in [1.807, 2.05) is 32.0 Å². The Morgan fingerprint density at radius 2 is 1.77 bits per heavy atom. The number of nitrogens with one attached hydrogen (secondary N) is 2. The first kappa shape index (κ1) is 19.7. The van der Waals surface area contributed by atoms with E-state index in [4.69, 9.17) is 0 Å². The van der Waals surface area contributed by atoms with E-state index in [1.165, 1.54) is 0 Å². The van der Waals surface area contributed by atoms with E-state index in [-0.39, 0.29) is 11.8 Å². The van der Waals surface area contributed by atoms with Crippen LogP contribution >= 0.6 is 11.8 Å². The molecule has 0 saturated heterocycles. The van der Waals surface area contributed by atoms with Crippen molar-refractivity contribution in [3.63, 3.8) is 0 Å². The number of amides is 2. The van der Waals surface area contributed by atoms with Gasteiger partial charge in [-0.15, -0.1) is 6.58 Å². The van der Waals surface area contributed by atoms with E-state index in [9.17, 15) is 9.59 Å². The molecule has 2 aromatic rings. The fraction of sp³-hybridized carbons (Fsp3) is 0.263. The number of hydrogen-bond acceptors (Lipinski definition) is 5. The molecule has 1 aromatic carbocycles. The Morgan fingerprint density at radius 1 is 1.12 bits per heavy atom. The quantitative estimate of drug-likeness (QED) is 0.339. The van der Waals surface area contributed by atoms with Crippen LogP contribution in [0.5, 0.6) is 0 Å². The molecular formula is C19H22N4O2S. The van der Waals surface area contributed by atoms with Crippen LogP contribution in [0.1, 0.15) is 40.2 Å². The van der Waals surface area contributed by atoms with Gasteiger partial charge in [-0.2, -0.15) is 0 Å². The lowest BCUT2D eigenvalue weighted by molar-refractivity contribution is -0.121. The van der Waals surface area contributed by atoms with Crippen molar-refractivity contribution in [1.29, 1.82) is 0 Å². The fourth-order valence-corrected chi connectivity index (χ4v) is 3.06. The number of nitrogens with zero attached hydrogens (tertiary/aromatic N) is 2. The van der Waals surface area contributed by atoms with Gasteiger partial charge in [0.2, 0.25) is 5.91 Å². The van der Waals surface area contributed by atoms with E-state index in [2.05, 4.69) is 27.4 Å². The zero-order valence-corrected chi connectivity index (χ0v) is 15.7. The molecule has 6 nitrogen and oxygen atoms in total. The highest BCUT2D eigenvalue weighted by Crippen LogP contribution is 2.20. The Labute approximate surface area is 157 Å². The van der Waals surface area contributed by atoms with Crippen molar-refractivity contribution < 1.29 is 9.59 Å². The van der Waals surface area contributed by atoms with Crippen molar-refractivity contribution in [1.82, 2.24) is 20.8 Å². The lowest BCUT2D eigenvalue weighted by Gasteiger charge is -2.07. The third-order valence-corrected chi connectivity index (χ3v) is 4.36. The molecule has 0 spiro atoms. The van der Waals surface area contributed by atoms with Crippen molar-refractivity contribution in [2.75, 3.05) is 0 Å². The Balaban J connectivity index is 1.86. The smallest absolute Gasteiger partial charge is 0.269 e. The second-order valence-corrected chi connectivity index (χ2v) is 6.69. The predicted octanol–water partition coefficient (Wildman–Crippen LogP) is 3.11. The SMILES string of the molecule is C=CCCC(=O)NNC(=O)c1ccc(CSc2nc(C)cc(C)n2)cc1. The van der Waals surface area contributed by atoms with Gasteiger partial charge in [-0.25, -0.2) is 9.97 Å². The second-order valence-electron chi connectivity index (χ2n) is 5.75. The van der Waals surface area contributed by atoms with Gasteiger partial charge in [-0.1, -0.05) is 30.0 Å². The monoisotopic (exact) mass is 370 g/mol. The highest BCUT2D eigenvalue weighted by molar-refractivity contribution is 7.98. The number of hydrazine groups is 1. The Morgan fingerprint density at radius 3 is 2.38 bits per heavy atom. The zero-order valence-electron chi connectivity index (χ0n) is 14.9. The molecule has 0 saturated carbocycles. The van der Waals surface area contributed by atoms with Crippen molar-refractivity contribution >= 4 is 23.6 Å². The molecule has 7 heteroatoms. The number of aryl methyl sites for hydroxylation is 2. The largest absolute Gasteiger partial charge is 0.273 e. The van der Waals surface area contributed by atoms with Crippen LogP contribution in [0.25, 0.3) is 0 Å². The summed E-state index contributed by atoms with van der Waals surface area (Å²) in [6.07, 6.45) is 2.51. The number of carbonyl (C=O) groups excluding carboxylic acids is 2. The summed E-state index contributed by atoms with van der Waals surface area (Å²) in [7, 11) is 0. The molecule has 136 valence electrons. The summed E-state index contributed by atoms with van der Waals surface area (Å²) >= 11 is 1.55. The van der Waals surface area contributed by atoms with Gasteiger partial charge in [0.1, 0.15) is 0 Å². The minimum absolute atomic E-state index is 0.250. The first-order valence-corrected chi connectivity index (χ1v) is 9.20. The van der Waals surface area contributed by atoms with Gasteiger partial charge in [-0.05, 0) is 44.0 Å². The molecule has 1 aromatic heterocycles. The molecule has 0 fully saturated rings. The summed E-state index contributed by atoms with van der Waals surface area (Å²) in [5.74, 6) is 0.108. The van der Waals surface area contributed by atoms with Gasteiger partial charge in [-0.3, -0.25) is 20.4 Å². The number of allylic oxidation sites excluding steroid dienone is 1. The number of thioether (sulfide) groups is 1. The summed E-state index contributed by atoms with van der Waals surface area (Å²) in [5.41, 5.74) is 8.21. The molecule has 1 heterocycles. The van der Waals surface area contributed by atoms with E-state index >= 15 is 0 Å². The lowest BCUT2D eigenvalue weighted by Crippen LogP contribution is -2.41. The van der Waals surface area contributed by atoms with Crippen LogP contribution in [0.15, 0.2) is 48.1 Å². The van der Waals surface area contributed by atoms with Gasteiger partial charge in [0.05, 0.1) is 0 Å². The van der Waals surface area contributed by atoms with Gasteiger partial charge in [0.25, 0.3) is 5.91 Å². The molecule has 0 aliphatic heterocycles. The number of hydrogen-bond donors (Lipinski definition) is 2. The average Bonchev–Trinajstić information content (AvgIpc) is 2.62. The zero-order chi connectivity index (χ0) is 18.9. The first-order valence-electron chi connectivity index (χ1n) is 8.22. The third kappa shape index (κ3) is 6.33. The molecule has 0 radical (unpaired) electrons. The normalized spacial score (nSPS) is 10.2. The maximum absolute atomic E-state index is 12.0. The van der Waals surface area contributed by atoms with E-state index in [0.717, 1.165) is 22.1 Å². The highest BCUT2D eigenvalue weighted by Gasteiger charge is 2.08. The molecule has 2 N–H and O–H groups in total. The molecule has 0 atom stereocenters. The topological polar surface area (TPSA) is 84.0 Å². The van der Waals surface area contributed by atoms with Gasteiger partial charge >= 0.3 is 0 Å². The van der Waals surface area contributed by atoms with E-state index in [0.29, 0.717) is 24.2 Å². The molecule has 0 aliphatic rings. The van der Waals surface area contributed by atoms with Crippen LogP contribution < -0.4 is 10.9 Å². The molecule has 2 rings (SSSR count). The van der Waals surface area contributed by atoms with Crippen LogP contribution in [-0.2, 0) is 10.5 Å². The van der Waals surface area contributed by atoms with Crippen molar-refractivity contribution in [2.24, 2.45) is 0 Å². The molecule has 26 heavy (non-hydrogen) atoms. The van der Waals surface area contributed by atoms with Gasteiger partial charge in [0, 0.05) is 29.1 Å². The fourth-order valence-electron chi connectivity index (χ4n) is 2.15. The molecular weight excluding hydrogens is 348 g/mol. The summed E-state index contributed by atoms with van der Waals surface area (Å²) in [6.45, 7) is 7.44. The van der Waals surface area contributed by atoms with Crippen molar-refractivity contribution in [3.8, 4) is 0 Å². The number of benzene rings is 1. The van der Waals surface area contributed by atoms with Crippen molar-refractivity contribution in [2.45, 2.75) is 37.6 Å². The number of aromatic nitrogens is 2. The summed E-state index contributed by atoms with van der Waals surface area (Å²) in [6, 6.07) is 9.15. The lowest BCUT2D eigenvalue weighted by atomic mass is 10.1. The average molecular weight is 370 g/mol. The molecule has 2 amide bonds. The van der Waals surface area contributed by atoms with Crippen LogP contribution in [0.4, 0.5) is 0 Å². The van der Waals surface area contributed by atoms with E-state index in [1.54, 1.807) is 30.0 Å². The van der Waals surface area contributed by atoms with Crippen molar-refractivity contribution in [3.05, 3.63) is 65.5 Å². The second kappa shape index (κ2) is 9.72. The Bertz CT molecular complexity index is 770. The van der Waals surface area contributed by atoms with Crippen LogP contribution in [0.2, 0.25) is 0 Å². The predicted molar refractivity (Wildman–Crippen MR) is 103 cm³/mol. The van der Waals surface area contributed by atoms with Crippen LogP contribution in [0.3, 0.4) is 0 Å². The van der Waals surface area contributed by atoms with Gasteiger partial charge in [0.15, 0.2) is 5.16 Å². The molecule has 0 unspecified atom stereocenters. The number of rotatable bonds is 7. The molecule has 0 aliphatic carbocycles. The van der Waals surface area contributed by atoms with E-state index < -0.39 is 0 Å². The minimum atomic E-state index is -0.353. The molecule has 0 bridgehead atoms. The standard InChI is InChI=1S/C19H22N4O2S/c1-4-5-6-17(24)22-23-18(25)16-9-7-15(8-10-16)12-26-19-20-13(2)11-14(3)21-19/h4,7-11H,1,5-6,12H2,2-3H3,(H,22,24)(H,23,25). The summed E-state index contributed by atoms with van der Waals surface area (Å²) in [5, 5.41) is 0.742. The van der Waals surface area contributed by atoms with Crippen LogP contribution in [-0.4, -0.2) is 21.8 Å². The minimum Gasteiger partial charge on any atom is -0.273 e.